The lowest BCUT2D eigenvalue weighted by Gasteiger charge is -2.00. The van der Waals surface area contributed by atoms with Crippen molar-refractivity contribution in [3.05, 3.63) is 35.7 Å². The molecule has 0 spiro atoms. The molecule has 0 radical (unpaired) electrons. The molecular formula is C10H11N5. The van der Waals surface area contributed by atoms with Crippen molar-refractivity contribution in [2.24, 2.45) is 5.73 Å². The molecule has 0 fully saturated rings. The van der Waals surface area contributed by atoms with Crippen LogP contribution in [0.1, 0.15) is 11.4 Å². The predicted octanol–water partition coefficient (Wildman–Crippen LogP) is 0.701. The Balaban J connectivity index is 2.40. The van der Waals surface area contributed by atoms with Crippen molar-refractivity contribution in [1.29, 1.82) is 0 Å². The van der Waals surface area contributed by atoms with E-state index in [4.69, 9.17) is 5.73 Å². The first-order valence-corrected chi connectivity index (χ1v) is 4.63. The van der Waals surface area contributed by atoms with Crippen LogP contribution in [0.2, 0.25) is 0 Å². The SMILES string of the molecule is Cc1nnc(-c2cccc(CN)c2)nn1. The number of hydrogen-bond donors (Lipinski definition) is 1. The zero-order chi connectivity index (χ0) is 10.7. The van der Waals surface area contributed by atoms with E-state index in [-0.39, 0.29) is 0 Å². The summed E-state index contributed by atoms with van der Waals surface area (Å²) in [7, 11) is 0. The van der Waals surface area contributed by atoms with Crippen molar-refractivity contribution < 1.29 is 0 Å². The average molecular weight is 201 g/mol. The number of aryl methyl sites for hydroxylation is 1. The van der Waals surface area contributed by atoms with E-state index in [1.807, 2.05) is 24.3 Å². The van der Waals surface area contributed by atoms with Crippen LogP contribution in [0.15, 0.2) is 24.3 Å². The summed E-state index contributed by atoms with van der Waals surface area (Å²) < 4.78 is 0. The number of nitrogens with zero attached hydrogens (tertiary/aromatic N) is 4. The fraction of sp³-hybridized carbons (Fsp3) is 0.200. The van der Waals surface area contributed by atoms with Gasteiger partial charge in [-0.1, -0.05) is 18.2 Å². The molecule has 15 heavy (non-hydrogen) atoms. The molecule has 1 heterocycles. The molecule has 0 amide bonds. The van der Waals surface area contributed by atoms with E-state index in [0.717, 1.165) is 11.1 Å². The number of hydrogen-bond acceptors (Lipinski definition) is 5. The van der Waals surface area contributed by atoms with Crippen LogP contribution in [0.5, 0.6) is 0 Å². The molecular weight excluding hydrogens is 190 g/mol. The fourth-order valence-electron chi connectivity index (χ4n) is 1.23. The molecule has 1 aromatic carbocycles. The van der Waals surface area contributed by atoms with Crippen LogP contribution in [0, 0.1) is 6.92 Å². The summed E-state index contributed by atoms with van der Waals surface area (Å²) in [6.07, 6.45) is 0. The van der Waals surface area contributed by atoms with E-state index in [2.05, 4.69) is 20.4 Å². The van der Waals surface area contributed by atoms with Crippen LogP contribution in [-0.4, -0.2) is 20.4 Å². The molecule has 1 aromatic heterocycles. The Hall–Kier alpha value is -1.88. The van der Waals surface area contributed by atoms with Crippen LogP contribution in [-0.2, 0) is 6.54 Å². The summed E-state index contributed by atoms with van der Waals surface area (Å²) in [5, 5.41) is 15.6. The van der Waals surface area contributed by atoms with Gasteiger partial charge in [0.05, 0.1) is 0 Å². The highest BCUT2D eigenvalue weighted by molar-refractivity contribution is 5.54. The second-order valence-electron chi connectivity index (χ2n) is 3.18. The maximum Gasteiger partial charge on any atom is 0.203 e. The molecule has 2 N–H and O–H groups in total. The van der Waals surface area contributed by atoms with Crippen LogP contribution < -0.4 is 5.73 Å². The van der Waals surface area contributed by atoms with Gasteiger partial charge >= 0.3 is 0 Å². The second kappa shape index (κ2) is 4.10. The molecule has 0 bridgehead atoms. The second-order valence-corrected chi connectivity index (χ2v) is 3.18. The van der Waals surface area contributed by atoms with Gasteiger partial charge in [-0.05, 0) is 18.6 Å². The van der Waals surface area contributed by atoms with Gasteiger partial charge in [0.15, 0.2) is 5.82 Å². The third-order valence-corrected chi connectivity index (χ3v) is 2.00. The van der Waals surface area contributed by atoms with E-state index < -0.39 is 0 Å². The summed E-state index contributed by atoms with van der Waals surface area (Å²) in [5.74, 6) is 1.09. The monoisotopic (exact) mass is 201 g/mol. The standard InChI is InChI=1S/C10H11N5/c1-7-12-14-10(15-13-7)9-4-2-3-8(5-9)6-11/h2-5H,6,11H2,1H3. The Labute approximate surface area is 87.4 Å². The lowest BCUT2D eigenvalue weighted by atomic mass is 10.1. The van der Waals surface area contributed by atoms with E-state index in [1.165, 1.54) is 0 Å². The summed E-state index contributed by atoms with van der Waals surface area (Å²) in [6.45, 7) is 2.25. The number of benzene rings is 1. The van der Waals surface area contributed by atoms with Crippen molar-refractivity contribution in [3.8, 4) is 11.4 Å². The van der Waals surface area contributed by atoms with E-state index >= 15 is 0 Å². The molecule has 0 aliphatic carbocycles. The Kier molecular flexibility index (Phi) is 2.64. The molecule has 5 nitrogen and oxygen atoms in total. The van der Waals surface area contributed by atoms with Crippen molar-refractivity contribution in [2.45, 2.75) is 13.5 Å². The molecule has 76 valence electrons. The lowest BCUT2D eigenvalue weighted by molar-refractivity contribution is 0.816. The zero-order valence-corrected chi connectivity index (χ0v) is 8.38. The van der Waals surface area contributed by atoms with Crippen LogP contribution in [0.25, 0.3) is 11.4 Å². The summed E-state index contributed by atoms with van der Waals surface area (Å²) >= 11 is 0. The van der Waals surface area contributed by atoms with Crippen LogP contribution >= 0.6 is 0 Å². The first-order valence-electron chi connectivity index (χ1n) is 4.63. The maximum absolute atomic E-state index is 5.55. The van der Waals surface area contributed by atoms with Crippen molar-refractivity contribution >= 4 is 0 Å². The molecule has 0 saturated carbocycles. The van der Waals surface area contributed by atoms with Gasteiger partial charge in [0.1, 0.15) is 0 Å². The summed E-state index contributed by atoms with van der Waals surface area (Å²) in [6, 6.07) is 7.72. The molecule has 2 rings (SSSR count). The van der Waals surface area contributed by atoms with Crippen molar-refractivity contribution in [1.82, 2.24) is 20.4 Å². The van der Waals surface area contributed by atoms with Gasteiger partial charge in [-0.3, -0.25) is 0 Å². The zero-order valence-electron chi connectivity index (χ0n) is 8.38. The normalized spacial score (nSPS) is 10.3. The minimum atomic E-state index is 0.501. The predicted molar refractivity (Wildman–Crippen MR) is 55.7 cm³/mol. The Morgan fingerprint density at radius 2 is 1.87 bits per heavy atom. The number of aromatic nitrogens is 4. The highest BCUT2D eigenvalue weighted by Gasteiger charge is 2.02. The highest BCUT2D eigenvalue weighted by atomic mass is 15.3. The Morgan fingerprint density at radius 3 is 2.53 bits per heavy atom. The van der Waals surface area contributed by atoms with Gasteiger partial charge in [0, 0.05) is 12.1 Å². The Bertz CT molecular complexity index is 452. The summed E-state index contributed by atoms with van der Waals surface area (Å²) in [5.41, 5.74) is 7.47. The highest BCUT2D eigenvalue weighted by Crippen LogP contribution is 2.14. The molecule has 0 saturated heterocycles. The minimum absolute atomic E-state index is 0.501. The van der Waals surface area contributed by atoms with E-state index in [1.54, 1.807) is 6.92 Å². The third-order valence-electron chi connectivity index (χ3n) is 2.00. The summed E-state index contributed by atoms with van der Waals surface area (Å²) in [4.78, 5) is 0. The first-order chi connectivity index (χ1) is 7.29. The van der Waals surface area contributed by atoms with Gasteiger partial charge in [-0.25, -0.2) is 0 Å². The van der Waals surface area contributed by atoms with E-state index in [9.17, 15) is 0 Å². The van der Waals surface area contributed by atoms with Crippen LogP contribution in [0.4, 0.5) is 0 Å². The largest absolute Gasteiger partial charge is 0.326 e. The molecule has 5 heteroatoms. The topological polar surface area (TPSA) is 77.6 Å². The molecule has 0 unspecified atom stereocenters. The number of nitrogens with two attached hydrogens (primary N) is 1. The van der Waals surface area contributed by atoms with Gasteiger partial charge in [0.25, 0.3) is 0 Å². The third kappa shape index (κ3) is 2.13. The van der Waals surface area contributed by atoms with Gasteiger partial charge in [-0.15, -0.1) is 20.4 Å². The van der Waals surface area contributed by atoms with Crippen LogP contribution in [0.3, 0.4) is 0 Å². The number of rotatable bonds is 2. The van der Waals surface area contributed by atoms with Gasteiger partial charge < -0.3 is 5.73 Å². The molecule has 0 aliphatic rings. The lowest BCUT2D eigenvalue weighted by Crippen LogP contribution is -2.00. The van der Waals surface area contributed by atoms with Crippen molar-refractivity contribution in [2.75, 3.05) is 0 Å². The Morgan fingerprint density at radius 1 is 1.13 bits per heavy atom. The van der Waals surface area contributed by atoms with E-state index in [0.29, 0.717) is 18.2 Å². The average Bonchev–Trinajstić information content (AvgIpc) is 2.30. The van der Waals surface area contributed by atoms with Gasteiger partial charge in [0.2, 0.25) is 5.82 Å². The minimum Gasteiger partial charge on any atom is -0.326 e. The smallest absolute Gasteiger partial charge is 0.203 e. The molecule has 0 aliphatic heterocycles. The molecule has 0 atom stereocenters. The first kappa shape index (κ1) is 9.67. The van der Waals surface area contributed by atoms with Gasteiger partial charge in [-0.2, -0.15) is 0 Å². The molecule has 2 aromatic rings. The fourth-order valence-corrected chi connectivity index (χ4v) is 1.23. The van der Waals surface area contributed by atoms with Crippen molar-refractivity contribution in [3.63, 3.8) is 0 Å². The maximum atomic E-state index is 5.55. The quantitative estimate of drug-likeness (QED) is 0.773.